The van der Waals surface area contributed by atoms with Crippen molar-refractivity contribution in [1.29, 1.82) is 0 Å². The zero-order valence-electron chi connectivity index (χ0n) is 15.2. The van der Waals surface area contributed by atoms with Gasteiger partial charge in [-0.05, 0) is 50.9 Å². The van der Waals surface area contributed by atoms with Crippen molar-refractivity contribution >= 4 is 16.0 Å². The van der Waals surface area contributed by atoms with Crippen molar-refractivity contribution in [2.45, 2.75) is 37.6 Å². The van der Waals surface area contributed by atoms with Crippen LogP contribution in [0.5, 0.6) is 5.75 Å². The van der Waals surface area contributed by atoms with E-state index in [1.807, 2.05) is 13.0 Å². The topological polar surface area (TPSA) is 87.2 Å². The first-order valence-electron chi connectivity index (χ1n) is 8.24. The van der Waals surface area contributed by atoms with Crippen LogP contribution in [0, 0.1) is 13.8 Å². The van der Waals surface area contributed by atoms with Gasteiger partial charge in [0, 0.05) is 19.1 Å². The third-order valence-corrected chi connectivity index (χ3v) is 6.72. The number of sulfonamides is 1. The maximum absolute atomic E-state index is 13.1. The Morgan fingerprint density at radius 3 is 2.44 bits per heavy atom. The van der Waals surface area contributed by atoms with Crippen LogP contribution < -0.4 is 4.74 Å². The maximum Gasteiger partial charge on any atom is 0.317 e. The standard InChI is InChI=1S/C17H26N2O5S/c1-12-9-13(2)17(15(10-12)24-4)25(22,23)19-7-5-14(6-8-19)18(3)11-16(20)21/h9-10,14H,5-8,11H2,1-4H3,(H,20,21). The molecule has 0 spiro atoms. The fraction of sp³-hybridized carbons (Fsp3) is 0.588. The lowest BCUT2D eigenvalue weighted by atomic mass is 10.1. The van der Waals surface area contributed by atoms with Crippen LogP contribution in [0.3, 0.4) is 0 Å². The Bertz CT molecular complexity index is 740. The summed E-state index contributed by atoms with van der Waals surface area (Å²) in [4.78, 5) is 12.8. The smallest absolute Gasteiger partial charge is 0.317 e. The average Bonchev–Trinajstić information content (AvgIpc) is 2.53. The molecule has 0 bridgehead atoms. The summed E-state index contributed by atoms with van der Waals surface area (Å²) in [5, 5.41) is 8.89. The highest BCUT2D eigenvalue weighted by Crippen LogP contribution is 2.32. The molecular formula is C17H26N2O5S. The van der Waals surface area contributed by atoms with E-state index in [0.717, 1.165) is 5.56 Å². The van der Waals surface area contributed by atoms with Crippen LogP contribution in [0.25, 0.3) is 0 Å². The lowest BCUT2D eigenvalue weighted by Gasteiger charge is -2.35. The number of hydrogen-bond acceptors (Lipinski definition) is 5. The lowest BCUT2D eigenvalue weighted by Crippen LogP contribution is -2.46. The first kappa shape index (κ1) is 19.7. The number of likely N-dealkylation sites (N-methyl/N-ethyl adjacent to an activating group) is 1. The number of carboxylic acids is 1. The molecule has 25 heavy (non-hydrogen) atoms. The summed E-state index contributed by atoms with van der Waals surface area (Å²) in [6.07, 6.45) is 1.21. The fourth-order valence-electron chi connectivity index (χ4n) is 3.39. The zero-order chi connectivity index (χ0) is 18.8. The number of aliphatic carboxylic acids is 1. The van der Waals surface area contributed by atoms with Crippen LogP contribution in [0.15, 0.2) is 17.0 Å². The highest BCUT2D eigenvalue weighted by Gasteiger charge is 2.34. The minimum absolute atomic E-state index is 0.0394. The third-order valence-electron chi connectivity index (χ3n) is 4.63. The summed E-state index contributed by atoms with van der Waals surface area (Å²) < 4.78 is 33.0. The Hall–Kier alpha value is -1.64. The molecule has 1 aliphatic heterocycles. The average molecular weight is 370 g/mol. The van der Waals surface area contributed by atoms with Crippen molar-refractivity contribution in [3.05, 3.63) is 23.3 Å². The van der Waals surface area contributed by atoms with Crippen molar-refractivity contribution in [1.82, 2.24) is 9.21 Å². The summed E-state index contributed by atoms with van der Waals surface area (Å²) in [6.45, 7) is 4.37. The van der Waals surface area contributed by atoms with E-state index >= 15 is 0 Å². The van der Waals surface area contributed by atoms with E-state index in [1.165, 1.54) is 11.4 Å². The molecule has 1 N–H and O–H groups in total. The second-order valence-electron chi connectivity index (χ2n) is 6.56. The van der Waals surface area contributed by atoms with Gasteiger partial charge in [0.2, 0.25) is 10.0 Å². The number of carbonyl (C=O) groups is 1. The van der Waals surface area contributed by atoms with E-state index < -0.39 is 16.0 Å². The molecule has 1 heterocycles. The largest absolute Gasteiger partial charge is 0.495 e. The molecule has 1 aromatic carbocycles. The molecule has 0 atom stereocenters. The van der Waals surface area contributed by atoms with Gasteiger partial charge in [-0.15, -0.1) is 0 Å². The van der Waals surface area contributed by atoms with Crippen molar-refractivity contribution < 1.29 is 23.1 Å². The first-order valence-corrected chi connectivity index (χ1v) is 9.68. The molecule has 0 aliphatic carbocycles. The second kappa shape index (κ2) is 7.72. The quantitative estimate of drug-likeness (QED) is 0.816. The van der Waals surface area contributed by atoms with E-state index in [9.17, 15) is 13.2 Å². The van der Waals surface area contributed by atoms with Gasteiger partial charge in [-0.2, -0.15) is 4.31 Å². The van der Waals surface area contributed by atoms with E-state index in [2.05, 4.69) is 0 Å². The monoisotopic (exact) mass is 370 g/mol. The Labute approximate surface area is 149 Å². The molecule has 0 saturated carbocycles. The second-order valence-corrected chi connectivity index (χ2v) is 8.43. The molecule has 1 aromatic rings. The van der Waals surface area contributed by atoms with Crippen LogP contribution in [-0.4, -0.2) is 68.5 Å². The molecule has 1 fully saturated rings. The SMILES string of the molecule is COc1cc(C)cc(C)c1S(=O)(=O)N1CCC(N(C)CC(=O)O)CC1. The van der Waals surface area contributed by atoms with Gasteiger partial charge in [0.15, 0.2) is 0 Å². The summed E-state index contributed by atoms with van der Waals surface area (Å²) in [5.41, 5.74) is 1.62. The Balaban J connectivity index is 2.19. The van der Waals surface area contributed by atoms with Crippen LogP contribution in [0.4, 0.5) is 0 Å². The van der Waals surface area contributed by atoms with Gasteiger partial charge in [-0.25, -0.2) is 8.42 Å². The van der Waals surface area contributed by atoms with E-state index in [4.69, 9.17) is 9.84 Å². The van der Waals surface area contributed by atoms with Crippen molar-refractivity contribution in [3.8, 4) is 5.75 Å². The molecule has 7 nitrogen and oxygen atoms in total. The van der Waals surface area contributed by atoms with Crippen molar-refractivity contribution in [2.75, 3.05) is 33.8 Å². The molecule has 2 rings (SSSR count). The lowest BCUT2D eigenvalue weighted by molar-refractivity contribution is -0.138. The van der Waals surface area contributed by atoms with E-state index in [-0.39, 0.29) is 17.5 Å². The molecule has 1 aliphatic rings. The third kappa shape index (κ3) is 4.31. The number of hydrogen-bond donors (Lipinski definition) is 1. The van der Waals surface area contributed by atoms with Crippen molar-refractivity contribution in [3.63, 3.8) is 0 Å². The number of aryl methyl sites for hydroxylation is 2. The van der Waals surface area contributed by atoms with Gasteiger partial charge in [0.25, 0.3) is 0 Å². The van der Waals surface area contributed by atoms with Gasteiger partial charge >= 0.3 is 5.97 Å². The Morgan fingerprint density at radius 2 is 1.92 bits per heavy atom. The summed E-state index contributed by atoms with van der Waals surface area (Å²) in [6, 6.07) is 3.64. The highest BCUT2D eigenvalue weighted by molar-refractivity contribution is 7.89. The first-order chi connectivity index (χ1) is 11.7. The summed E-state index contributed by atoms with van der Waals surface area (Å²) in [7, 11) is -0.418. The molecular weight excluding hydrogens is 344 g/mol. The number of benzene rings is 1. The Kier molecular flexibility index (Phi) is 6.08. The summed E-state index contributed by atoms with van der Waals surface area (Å²) in [5.74, 6) is -0.514. The number of nitrogens with zero attached hydrogens (tertiary/aromatic N) is 2. The molecule has 0 unspecified atom stereocenters. The Morgan fingerprint density at radius 1 is 1.32 bits per heavy atom. The van der Waals surface area contributed by atoms with Crippen LogP contribution in [0.2, 0.25) is 0 Å². The zero-order valence-corrected chi connectivity index (χ0v) is 16.0. The molecule has 0 amide bonds. The number of ether oxygens (including phenoxy) is 1. The predicted molar refractivity (Wildman–Crippen MR) is 94.5 cm³/mol. The number of piperidine rings is 1. The van der Waals surface area contributed by atoms with E-state index in [1.54, 1.807) is 24.9 Å². The van der Waals surface area contributed by atoms with Gasteiger partial charge in [-0.1, -0.05) is 6.07 Å². The minimum atomic E-state index is -3.65. The van der Waals surface area contributed by atoms with Gasteiger partial charge in [0.05, 0.1) is 13.7 Å². The molecule has 1 saturated heterocycles. The number of carboxylic acid groups (broad SMARTS) is 1. The summed E-state index contributed by atoms with van der Waals surface area (Å²) >= 11 is 0. The van der Waals surface area contributed by atoms with E-state index in [0.29, 0.717) is 37.2 Å². The van der Waals surface area contributed by atoms with Gasteiger partial charge < -0.3 is 9.84 Å². The van der Waals surface area contributed by atoms with Crippen LogP contribution in [0.1, 0.15) is 24.0 Å². The van der Waals surface area contributed by atoms with Gasteiger partial charge in [0.1, 0.15) is 10.6 Å². The normalized spacial score (nSPS) is 17.0. The molecule has 8 heteroatoms. The number of methoxy groups -OCH3 is 1. The maximum atomic E-state index is 13.1. The molecule has 0 aromatic heterocycles. The van der Waals surface area contributed by atoms with Crippen LogP contribution in [-0.2, 0) is 14.8 Å². The highest BCUT2D eigenvalue weighted by atomic mass is 32.2. The minimum Gasteiger partial charge on any atom is -0.495 e. The predicted octanol–water partition coefficient (Wildman–Crippen LogP) is 1.48. The fourth-order valence-corrected chi connectivity index (χ4v) is 5.20. The van der Waals surface area contributed by atoms with Gasteiger partial charge in [-0.3, -0.25) is 9.69 Å². The van der Waals surface area contributed by atoms with Crippen LogP contribution >= 0.6 is 0 Å². The number of rotatable bonds is 6. The van der Waals surface area contributed by atoms with Crippen molar-refractivity contribution in [2.24, 2.45) is 0 Å². The molecule has 0 radical (unpaired) electrons. The molecule has 140 valence electrons.